The van der Waals surface area contributed by atoms with Crippen LogP contribution in [0.3, 0.4) is 0 Å². The number of thioether (sulfide) groups is 1. The fraction of sp³-hybridized carbons (Fsp3) is 0.571. The Kier molecular flexibility index (Phi) is 6.00. The van der Waals surface area contributed by atoms with Crippen LogP contribution in [0.25, 0.3) is 0 Å². The second-order valence-electron chi connectivity index (χ2n) is 4.59. The van der Waals surface area contributed by atoms with E-state index in [-0.39, 0.29) is 11.9 Å². The molecule has 0 aliphatic carbocycles. The summed E-state index contributed by atoms with van der Waals surface area (Å²) in [6.45, 7) is 6.35. The summed E-state index contributed by atoms with van der Waals surface area (Å²) in [5.74, 6) is 0.792. The molecule has 0 bridgehead atoms. The first-order valence-electron chi connectivity index (χ1n) is 6.15. The largest absolute Gasteiger partial charge is 0.327 e. The summed E-state index contributed by atoms with van der Waals surface area (Å²) in [4.78, 5) is 0. The van der Waals surface area contributed by atoms with Gasteiger partial charge in [-0.2, -0.15) is 11.8 Å². The van der Waals surface area contributed by atoms with Crippen LogP contribution in [0.1, 0.15) is 31.4 Å². The molecule has 0 aliphatic heterocycles. The highest BCUT2D eigenvalue weighted by Gasteiger charge is 2.09. The summed E-state index contributed by atoms with van der Waals surface area (Å²) in [6.07, 6.45) is 2.00. The van der Waals surface area contributed by atoms with Gasteiger partial charge in [0.15, 0.2) is 0 Å². The predicted octanol–water partition coefficient (Wildman–Crippen LogP) is 3.54. The van der Waals surface area contributed by atoms with Crippen LogP contribution in [-0.2, 0) is 6.42 Å². The molecule has 0 aromatic heterocycles. The first-order valence-corrected chi connectivity index (χ1v) is 7.20. The van der Waals surface area contributed by atoms with Crippen molar-refractivity contribution in [2.45, 2.75) is 44.9 Å². The van der Waals surface area contributed by atoms with E-state index in [2.05, 4.69) is 13.8 Å². The van der Waals surface area contributed by atoms with Gasteiger partial charge in [-0.25, -0.2) is 4.39 Å². The zero-order valence-corrected chi connectivity index (χ0v) is 11.7. The standard InChI is InChI=1S/C14H22FNS/c1-4-11(3)17-9-14(16)8-12-5-6-13(15)7-10(12)2/h5-7,11,14H,4,8-9,16H2,1-3H3. The minimum absolute atomic E-state index is 0.151. The highest BCUT2D eigenvalue weighted by Crippen LogP contribution is 2.17. The van der Waals surface area contributed by atoms with Gasteiger partial charge < -0.3 is 5.73 Å². The molecule has 0 amide bonds. The van der Waals surface area contributed by atoms with E-state index in [1.807, 2.05) is 24.8 Å². The van der Waals surface area contributed by atoms with Gasteiger partial charge in [0.05, 0.1) is 0 Å². The van der Waals surface area contributed by atoms with Gasteiger partial charge in [0, 0.05) is 17.0 Å². The lowest BCUT2D eigenvalue weighted by molar-refractivity contribution is 0.624. The normalized spacial score (nSPS) is 14.6. The summed E-state index contributed by atoms with van der Waals surface area (Å²) in [5, 5.41) is 0.662. The Balaban J connectivity index is 2.47. The Morgan fingerprint density at radius 3 is 2.71 bits per heavy atom. The second-order valence-corrected chi connectivity index (χ2v) is 6.06. The average molecular weight is 255 g/mol. The third-order valence-corrected chi connectivity index (χ3v) is 4.48. The van der Waals surface area contributed by atoms with Gasteiger partial charge in [-0.3, -0.25) is 0 Å². The molecule has 2 unspecified atom stereocenters. The Bertz CT molecular complexity index is 354. The molecule has 1 aromatic carbocycles. The molecule has 0 fully saturated rings. The summed E-state index contributed by atoms with van der Waals surface area (Å²) in [7, 11) is 0. The average Bonchev–Trinajstić information content (AvgIpc) is 2.29. The van der Waals surface area contributed by atoms with Crippen LogP contribution in [0.2, 0.25) is 0 Å². The van der Waals surface area contributed by atoms with Crippen LogP contribution in [0, 0.1) is 12.7 Å². The number of nitrogens with two attached hydrogens (primary N) is 1. The van der Waals surface area contributed by atoms with E-state index < -0.39 is 0 Å². The van der Waals surface area contributed by atoms with Crippen molar-refractivity contribution in [1.29, 1.82) is 0 Å². The minimum atomic E-state index is -0.172. The molecule has 17 heavy (non-hydrogen) atoms. The van der Waals surface area contributed by atoms with Gasteiger partial charge in [0.2, 0.25) is 0 Å². The third kappa shape index (κ3) is 5.09. The Morgan fingerprint density at radius 2 is 2.12 bits per heavy atom. The number of hydrogen-bond acceptors (Lipinski definition) is 2. The lowest BCUT2D eigenvalue weighted by atomic mass is 10.0. The van der Waals surface area contributed by atoms with E-state index in [1.54, 1.807) is 6.07 Å². The molecule has 2 atom stereocenters. The lowest BCUT2D eigenvalue weighted by Crippen LogP contribution is -2.26. The van der Waals surface area contributed by atoms with Crippen LogP contribution < -0.4 is 5.73 Å². The van der Waals surface area contributed by atoms with Gasteiger partial charge >= 0.3 is 0 Å². The molecule has 1 nitrogen and oxygen atoms in total. The number of aryl methyl sites for hydroxylation is 1. The van der Waals surface area contributed by atoms with E-state index in [0.717, 1.165) is 23.3 Å². The van der Waals surface area contributed by atoms with E-state index in [4.69, 9.17) is 5.73 Å². The third-order valence-electron chi connectivity index (χ3n) is 2.96. The first kappa shape index (κ1) is 14.5. The molecule has 96 valence electrons. The van der Waals surface area contributed by atoms with Crippen molar-refractivity contribution >= 4 is 11.8 Å². The summed E-state index contributed by atoms with van der Waals surface area (Å²) < 4.78 is 12.9. The summed E-state index contributed by atoms with van der Waals surface area (Å²) >= 11 is 1.91. The van der Waals surface area contributed by atoms with E-state index in [9.17, 15) is 4.39 Å². The van der Waals surface area contributed by atoms with Crippen molar-refractivity contribution in [3.8, 4) is 0 Å². The van der Waals surface area contributed by atoms with Crippen LogP contribution >= 0.6 is 11.8 Å². The van der Waals surface area contributed by atoms with Gasteiger partial charge in [-0.05, 0) is 43.0 Å². The molecular formula is C14H22FNS. The molecule has 0 spiro atoms. The fourth-order valence-electron chi connectivity index (χ4n) is 1.64. The predicted molar refractivity (Wildman–Crippen MR) is 75.0 cm³/mol. The van der Waals surface area contributed by atoms with Gasteiger partial charge in [-0.1, -0.05) is 19.9 Å². The number of rotatable bonds is 6. The van der Waals surface area contributed by atoms with Crippen LogP contribution in [0.5, 0.6) is 0 Å². The molecule has 1 aromatic rings. The number of hydrogen-bond donors (Lipinski definition) is 1. The van der Waals surface area contributed by atoms with Crippen molar-refractivity contribution < 1.29 is 4.39 Å². The topological polar surface area (TPSA) is 26.0 Å². The van der Waals surface area contributed by atoms with Gasteiger partial charge in [0.1, 0.15) is 5.82 Å². The maximum absolute atomic E-state index is 12.9. The Labute approximate surface area is 108 Å². The smallest absolute Gasteiger partial charge is 0.123 e. The summed E-state index contributed by atoms with van der Waals surface area (Å²) in [5.41, 5.74) is 8.25. The minimum Gasteiger partial charge on any atom is -0.327 e. The zero-order chi connectivity index (χ0) is 12.8. The van der Waals surface area contributed by atoms with Crippen molar-refractivity contribution in [2.24, 2.45) is 5.73 Å². The zero-order valence-electron chi connectivity index (χ0n) is 10.9. The summed E-state index contributed by atoms with van der Waals surface area (Å²) in [6, 6.07) is 5.08. The monoisotopic (exact) mass is 255 g/mol. The lowest BCUT2D eigenvalue weighted by Gasteiger charge is -2.15. The maximum Gasteiger partial charge on any atom is 0.123 e. The van der Waals surface area contributed by atoms with Crippen LogP contribution in [0.15, 0.2) is 18.2 Å². The molecule has 3 heteroatoms. The second kappa shape index (κ2) is 7.02. The van der Waals surface area contributed by atoms with Gasteiger partial charge in [0.25, 0.3) is 0 Å². The molecule has 0 aliphatic rings. The van der Waals surface area contributed by atoms with E-state index >= 15 is 0 Å². The van der Waals surface area contributed by atoms with Crippen LogP contribution in [-0.4, -0.2) is 17.0 Å². The van der Waals surface area contributed by atoms with Crippen molar-refractivity contribution in [3.05, 3.63) is 35.1 Å². The molecule has 0 saturated heterocycles. The molecule has 0 heterocycles. The number of halogens is 1. The highest BCUT2D eigenvalue weighted by atomic mass is 32.2. The Hall–Kier alpha value is -0.540. The van der Waals surface area contributed by atoms with Crippen LogP contribution in [0.4, 0.5) is 4.39 Å². The quantitative estimate of drug-likeness (QED) is 0.841. The molecule has 0 radical (unpaired) electrons. The highest BCUT2D eigenvalue weighted by molar-refractivity contribution is 7.99. The van der Waals surface area contributed by atoms with E-state index in [0.29, 0.717) is 5.25 Å². The van der Waals surface area contributed by atoms with Crippen molar-refractivity contribution in [2.75, 3.05) is 5.75 Å². The fourth-order valence-corrected chi connectivity index (χ4v) is 2.56. The first-order chi connectivity index (χ1) is 8.02. The molecular weight excluding hydrogens is 233 g/mol. The Morgan fingerprint density at radius 1 is 1.41 bits per heavy atom. The number of benzene rings is 1. The molecule has 1 rings (SSSR count). The maximum atomic E-state index is 12.9. The van der Waals surface area contributed by atoms with Gasteiger partial charge in [-0.15, -0.1) is 0 Å². The van der Waals surface area contributed by atoms with E-state index in [1.165, 1.54) is 12.5 Å². The molecule has 0 saturated carbocycles. The molecule has 2 N–H and O–H groups in total. The SMILES string of the molecule is CCC(C)SCC(N)Cc1ccc(F)cc1C. The van der Waals surface area contributed by atoms with Crippen molar-refractivity contribution in [3.63, 3.8) is 0 Å². The van der Waals surface area contributed by atoms with Crippen molar-refractivity contribution in [1.82, 2.24) is 0 Å².